The number of hydrogen-bond acceptors (Lipinski definition) is 6. The Balaban J connectivity index is 0.00000466. The van der Waals surface area contributed by atoms with E-state index in [4.69, 9.17) is 13.7 Å². The normalized spacial score (nSPS) is 20.8. The van der Waals surface area contributed by atoms with Crippen LogP contribution in [-0.2, 0) is 28.6 Å². The molecule has 0 aromatic carbocycles. The zero-order chi connectivity index (χ0) is 25.1. The molecular formula is C22H37I3O6S. The summed E-state index contributed by atoms with van der Waals surface area (Å²) in [7, 11) is -3.53. The summed E-state index contributed by atoms with van der Waals surface area (Å²) >= 11 is 6.41. The van der Waals surface area contributed by atoms with Gasteiger partial charge in [0.2, 0.25) is 0 Å². The van der Waals surface area contributed by atoms with Gasteiger partial charge < -0.3 is 9.47 Å². The van der Waals surface area contributed by atoms with Crippen LogP contribution in [0.3, 0.4) is 0 Å². The molecule has 0 aliphatic carbocycles. The summed E-state index contributed by atoms with van der Waals surface area (Å²) in [5.41, 5.74) is 0.533. The molecule has 10 heteroatoms. The monoisotopic (exact) mass is 810 g/mol. The van der Waals surface area contributed by atoms with Crippen LogP contribution in [0.25, 0.3) is 0 Å². The van der Waals surface area contributed by atoms with Crippen molar-refractivity contribution < 1.29 is 26.9 Å². The van der Waals surface area contributed by atoms with E-state index in [1.165, 1.54) is 0 Å². The molecule has 0 unspecified atom stereocenters. The summed E-state index contributed by atoms with van der Waals surface area (Å²) in [6, 6.07) is 0. The summed E-state index contributed by atoms with van der Waals surface area (Å²) in [6.45, 7) is 16.0. The van der Waals surface area contributed by atoms with Crippen molar-refractivity contribution in [1.82, 2.24) is 0 Å². The second kappa shape index (κ2) is 15.9. The highest BCUT2D eigenvalue weighted by molar-refractivity contribution is 15.0. The Morgan fingerprint density at radius 1 is 1.28 bits per heavy atom. The lowest BCUT2D eigenvalue weighted by atomic mass is 9.97. The summed E-state index contributed by atoms with van der Waals surface area (Å²) in [6.07, 6.45) is 4.76. The quantitative estimate of drug-likeness (QED) is 0.0700. The van der Waals surface area contributed by atoms with Crippen LogP contribution < -0.4 is 0 Å². The van der Waals surface area contributed by atoms with Crippen LogP contribution in [0.15, 0.2) is 22.3 Å². The Labute approximate surface area is 231 Å². The van der Waals surface area contributed by atoms with Crippen molar-refractivity contribution in [3.8, 4) is 0 Å². The highest BCUT2D eigenvalue weighted by Crippen LogP contribution is 2.32. The van der Waals surface area contributed by atoms with Gasteiger partial charge in [0.05, 0.1) is 36.6 Å². The first-order valence-electron chi connectivity index (χ1n) is 10.6. The van der Waals surface area contributed by atoms with Crippen LogP contribution in [0.4, 0.5) is 0 Å². The SMILES string of the molecule is C=C(I)[C@H](C)C[C@@H](CC[C@@H]1O[C@@H](CCCOC(=O)C(C)(C)C)CC1=C)OS(C)(=O)=O.II. The number of rotatable bonds is 12. The minimum atomic E-state index is -3.53. The van der Waals surface area contributed by atoms with Crippen molar-refractivity contribution in [3.63, 3.8) is 0 Å². The lowest BCUT2D eigenvalue weighted by Gasteiger charge is -2.22. The maximum Gasteiger partial charge on any atom is 0.311 e. The standard InChI is InChI=1S/C22H37IO6S.I2/c1-15(17(3)23)13-19(29-30(7,25)26)10-11-20-16(2)14-18(28-20)9-8-12-27-21(24)22(4,5)6;1-2/h15,18-20H,2-3,8-14H2,1,4-7H3;/t15-,18+,19-,20+;/m1./s1. The van der Waals surface area contributed by atoms with Crippen molar-refractivity contribution in [2.24, 2.45) is 11.3 Å². The number of hydrogen-bond donors (Lipinski definition) is 0. The highest BCUT2D eigenvalue weighted by atomic mass is 128. The Morgan fingerprint density at radius 2 is 1.88 bits per heavy atom. The Bertz CT molecular complexity index is 718. The first-order chi connectivity index (χ1) is 14.7. The molecule has 0 spiro atoms. The molecule has 1 aliphatic heterocycles. The fraction of sp³-hybridized carbons (Fsp3) is 0.773. The van der Waals surface area contributed by atoms with Crippen molar-refractivity contribution in [1.29, 1.82) is 0 Å². The maximum atomic E-state index is 11.8. The van der Waals surface area contributed by atoms with Crippen LogP contribution in [-0.4, -0.2) is 45.6 Å². The van der Waals surface area contributed by atoms with Crippen molar-refractivity contribution in [2.75, 3.05) is 12.9 Å². The minimum absolute atomic E-state index is 0.0539. The van der Waals surface area contributed by atoms with Gasteiger partial charge in [0.25, 0.3) is 10.1 Å². The van der Waals surface area contributed by atoms with E-state index in [2.05, 4.69) is 73.0 Å². The van der Waals surface area contributed by atoms with Gasteiger partial charge in [-0.25, -0.2) is 0 Å². The molecule has 1 saturated heterocycles. The number of halogens is 3. The number of allylic oxidation sites excluding steroid dienone is 1. The average Bonchev–Trinajstić information content (AvgIpc) is 3.02. The molecule has 4 atom stereocenters. The first-order valence-corrected chi connectivity index (χ1v) is 19.7. The third-order valence-corrected chi connectivity index (χ3v) is 6.72. The van der Waals surface area contributed by atoms with Crippen LogP contribution in [0, 0.1) is 11.3 Å². The topological polar surface area (TPSA) is 78.9 Å². The third kappa shape index (κ3) is 14.4. The zero-order valence-corrected chi connectivity index (χ0v) is 27.0. The summed E-state index contributed by atoms with van der Waals surface area (Å²) in [5, 5.41) is 0. The summed E-state index contributed by atoms with van der Waals surface area (Å²) in [4.78, 5) is 11.8. The second-order valence-electron chi connectivity index (χ2n) is 9.22. The van der Waals surface area contributed by atoms with Gasteiger partial charge in [0.15, 0.2) is 0 Å². The predicted octanol–water partition coefficient (Wildman–Crippen LogP) is 6.94. The largest absolute Gasteiger partial charge is 0.465 e. The molecule has 32 heavy (non-hydrogen) atoms. The lowest BCUT2D eigenvalue weighted by Crippen LogP contribution is -2.24. The fourth-order valence-corrected chi connectivity index (χ4v) is 4.17. The van der Waals surface area contributed by atoms with Crippen molar-refractivity contribution in [3.05, 3.63) is 22.3 Å². The minimum Gasteiger partial charge on any atom is -0.465 e. The molecular weight excluding hydrogens is 773 g/mol. The van der Waals surface area contributed by atoms with Gasteiger partial charge in [-0.1, -0.05) is 20.1 Å². The molecule has 1 aliphatic rings. The van der Waals surface area contributed by atoms with Crippen LogP contribution >= 0.6 is 59.8 Å². The summed E-state index contributed by atoms with van der Waals surface area (Å²) in [5.74, 6) is -0.0361. The molecule has 0 aromatic heterocycles. The fourth-order valence-electron chi connectivity index (χ4n) is 3.25. The number of ether oxygens (including phenoxy) is 2. The molecule has 0 N–H and O–H groups in total. The smallest absolute Gasteiger partial charge is 0.311 e. The van der Waals surface area contributed by atoms with Crippen LogP contribution in [0.1, 0.15) is 66.2 Å². The van der Waals surface area contributed by atoms with Gasteiger partial charge in [-0.3, -0.25) is 8.98 Å². The van der Waals surface area contributed by atoms with Gasteiger partial charge in [-0.05, 0) is 97.0 Å². The molecule has 0 bridgehead atoms. The van der Waals surface area contributed by atoms with E-state index in [0.717, 1.165) is 34.7 Å². The van der Waals surface area contributed by atoms with E-state index in [0.29, 0.717) is 25.9 Å². The molecule has 1 rings (SSSR count). The van der Waals surface area contributed by atoms with Gasteiger partial charge in [-0.15, -0.1) is 0 Å². The van der Waals surface area contributed by atoms with E-state index in [1.54, 1.807) is 0 Å². The molecule has 188 valence electrons. The number of carbonyl (C=O) groups excluding carboxylic acids is 1. The van der Waals surface area contributed by atoms with Gasteiger partial charge in [0.1, 0.15) is 0 Å². The van der Waals surface area contributed by atoms with E-state index in [-0.39, 0.29) is 24.1 Å². The van der Waals surface area contributed by atoms with Crippen molar-refractivity contribution >= 4 is 75.9 Å². The van der Waals surface area contributed by atoms with Gasteiger partial charge >= 0.3 is 5.97 Å². The lowest BCUT2D eigenvalue weighted by molar-refractivity contribution is -0.153. The zero-order valence-electron chi connectivity index (χ0n) is 19.7. The molecule has 0 aromatic rings. The molecule has 0 radical (unpaired) electrons. The highest BCUT2D eigenvalue weighted by Gasteiger charge is 2.30. The Morgan fingerprint density at radius 3 is 2.38 bits per heavy atom. The molecule has 6 nitrogen and oxygen atoms in total. The van der Waals surface area contributed by atoms with E-state index in [9.17, 15) is 13.2 Å². The Hall–Kier alpha value is 1.01. The average molecular weight is 810 g/mol. The van der Waals surface area contributed by atoms with Crippen LogP contribution in [0.5, 0.6) is 0 Å². The molecule has 1 heterocycles. The predicted molar refractivity (Wildman–Crippen MR) is 156 cm³/mol. The van der Waals surface area contributed by atoms with E-state index >= 15 is 0 Å². The molecule has 0 saturated carbocycles. The van der Waals surface area contributed by atoms with Gasteiger partial charge in [-0.2, -0.15) is 8.42 Å². The number of carbonyl (C=O) groups is 1. The van der Waals surface area contributed by atoms with Crippen molar-refractivity contribution in [2.45, 2.75) is 84.5 Å². The Kier molecular flexibility index (Phi) is 16.4. The molecule has 0 amide bonds. The van der Waals surface area contributed by atoms with E-state index in [1.807, 2.05) is 27.7 Å². The summed E-state index contributed by atoms with van der Waals surface area (Å²) < 4.78 is 41.0. The molecule has 1 fully saturated rings. The maximum absolute atomic E-state index is 11.8. The van der Waals surface area contributed by atoms with E-state index < -0.39 is 21.6 Å². The second-order valence-corrected chi connectivity index (χ2v) is 12.2. The number of esters is 1. The van der Waals surface area contributed by atoms with Crippen LogP contribution in [0.2, 0.25) is 0 Å². The first kappa shape index (κ1) is 33.0. The third-order valence-electron chi connectivity index (χ3n) is 5.03. The van der Waals surface area contributed by atoms with Gasteiger partial charge in [0, 0.05) is 37.2 Å².